The van der Waals surface area contributed by atoms with Gasteiger partial charge in [0.05, 0.1) is 0 Å². The number of rotatable bonds is 14. The first-order chi connectivity index (χ1) is 10.8. The lowest BCUT2D eigenvalue weighted by Gasteiger charge is -2.14. The molecule has 0 aliphatic heterocycles. The van der Waals surface area contributed by atoms with Crippen molar-refractivity contribution in [2.75, 3.05) is 0 Å². The van der Waals surface area contributed by atoms with Crippen molar-refractivity contribution in [2.24, 2.45) is 11.5 Å². The third-order valence-corrected chi connectivity index (χ3v) is 3.64. The molecular formula is C17H34N2O4. The number of carbonyl (C=O) groups is 2. The smallest absolute Gasteiger partial charge is 0.319 e. The molecule has 23 heavy (non-hydrogen) atoms. The van der Waals surface area contributed by atoms with Crippen LogP contribution >= 0.6 is 0 Å². The number of esters is 2. The quantitative estimate of drug-likeness (QED) is 0.195. The first-order valence-electron chi connectivity index (χ1n) is 8.89. The van der Waals surface area contributed by atoms with E-state index in [2.05, 4.69) is 11.7 Å². The van der Waals surface area contributed by atoms with Gasteiger partial charge in [0.1, 0.15) is 6.42 Å². The number of carbonyl (C=O) groups excluding carboxylic acids is 2. The summed E-state index contributed by atoms with van der Waals surface area (Å²) in [5.41, 5.74) is 10.1. The van der Waals surface area contributed by atoms with Crippen LogP contribution in [-0.4, -0.2) is 22.9 Å². The largest absolute Gasteiger partial charge is 0.393 e. The summed E-state index contributed by atoms with van der Waals surface area (Å²) in [7, 11) is 0. The molecule has 0 heterocycles. The van der Waals surface area contributed by atoms with Crippen LogP contribution < -0.4 is 11.5 Å². The van der Waals surface area contributed by atoms with E-state index in [0.29, 0.717) is 6.42 Å². The van der Waals surface area contributed by atoms with Crippen molar-refractivity contribution >= 4 is 11.9 Å². The number of hydrogen-bond donors (Lipinski definition) is 3. The van der Waals surface area contributed by atoms with E-state index in [1.807, 2.05) is 0 Å². The summed E-state index contributed by atoms with van der Waals surface area (Å²) < 4.78 is 4.52. The highest BCUT2D eigenvalue weighted by molar-refractivity contribution is 5.85. The topological polar surface area (TPSA) is 116 Å². The van der Waals surface area contributed by atoms with Crippen molar-refractivity contribution in [3.63, 3.8) is 0 Å². The second-order valence-corrected chi connectivity index (χ2v) is 6.30. The zero-order chi connectivity index (χ0) is 17.6. The molecule has 0 fully saturated rings. The molecular weight excluding hydrogens is 296 g/mol. The molecule has 0 aliphatic carbocycles. The van der Waals surface area contributed by atoms with Crippen LogP contribution in [0.15, 0.2) is 0 Å². The van der Waals surface area contributed by atoms with Gasteiger partial charge >= 0.3 is 11.9 Å². The summed E-state index contributed by atoms with van der Waals surface area (Å²) in [6.45, 7) is 2.22. The molecule has 0 atom stereocenters. The molecule has 0 radical (unpaired) electrons. The summed E-state index contributed by atoms with van der Waals surface area (Å²) >= 11 is 0. The van der Waals surface area contributed by atoms with Crippen molar-refractivity contribution in [3.8, 4) is 0 Å². The van der Waals surface area contributed by atoms with Crippen LogP contribution in [0.4, 0.5) is 0 Å². The van der Waals surface area contributed by atoms with E-state index in [1.54, 1.807) is 0 Å². The van der Waals surface area contributed by atoms with Crippen molar-refractivity contribution < 1.29 is 19.4 Å². The second-order valence-electron chi connectivity index (χ2n) is 6.30. The number of ether oxygens (including phenoxy) is 1. The lowest BCUT2D eigenvalue weighted by molar-refractivity contribution is -0.162. The maximum Gasteiger partial charge on any atom is 0.319 e. The molecule has 6 heteroatoms. The summed E-state index contributed by atoms with van der Waals surface area (Å²) in [6, 6.07) is 0. The Kier molecular flexibility index (Phi) is 12.9. The Morgan fingerprint density at radius 1 is 0.826 bits per heavy atom. The van der Waals surface area contributed by atoms with Crippen LogP contribution in [0.5, 0.6) is 0 Å². The predicted molar refractivity (Wildman–Crippen MR) is 90.1 cm³/mol. The first-order valence-corrected chi connectivity index (χ1v) is 8.89. The van der Waals surface area contributed by atoms with E-state index >= 15 is 0 Å². The molecule has 0 rings (SSSR count). The van der Waals surface area contributed by atoms with Crippen LogP contribution in [-0.2, 0) is 14.3 Å². The Hall–Kier alpha value is -0.980. The van der Waals surface area contributed by atoms with E-state index in [0.717, 1.165) is 12.8 Å². The van der Waals surface area contributed by atoms with Gasteiger partial charge in [0, 0.05) is 6.42 Å². The van der Waals surface area contributed by atoms with Gasteiger partial charge in [-0.1, -0.05) is 71.1 Å². The molecule has 0 aromatic carbocycles. The van der Waals surface area contributed by atoms with E-state index in [4.69, 9.17) is 16.6 Å². The van der Waals surface area contributed by atoms with Gasteiger partial charge in [-0.05, 0) is 6.42 Å². The summed E-state index contributed by atoms with van der Waals surface area (Å²) in [5.74, 6) is -3.62. The highest BCUT2D eigenvalue weighted by Crippen LogP contribution is 2.12. The van der Waals surface area contributed by atoms with E-state index in [9.17, 15) is 9.59 Å². The molecule has 0 spiro atoms. The maximum absolute atomic E-state index is 11.4. The minimum Gasteiger partial charge on any atom is -0.393 e. The molecule has 0 aromatic heterocycles. The van der Waals surface area contributed by atoms with Gasteiger partial charge in [-0.3, -0.25) is 21.1 Å². The molecule has 0 saturated carbocycles. The monoisotopic (exact) mass is 330 g/mol. The number of unbranched alkanes of at least 4 members (excludes halogenated alkanes) is 10. The maximum atomic E-state index is 11.4. The molecule has 6 nitrogen and oxygen atoms in total. The molecule has 0 amide bonds. The van der Waals surface area contributed by atoms with Crippen LogP contribution in [0.3, 0.4) is 0 Å². The van der Waals surface area contributed by atoms with E-state index < -0.39 is 24.2 Å². The highest BCUT2D eigenvalue weighted by Gasteiger charge is 2.22. The van der Waals surface area contributed by atoms with Gasteiger partial charge in [-0.2, -0.15) is 0 Å². The van der Waals surface area contributed by atoms with Crippen molar-refractivity contribution in [1.29, 1.82) is 0 Å². The second kappa shape index (κ2) is 13.5. The summed E-state index contributed by atoms with van der Waals surface area (Å²) in [5, 5.41) is 9.02. The van der Waals surface area contributed by atoms with Crippen LogP contribution in [0, 0.1) is 0 Å². The molecule has 0 saturated heterocycles. The van der Waals surface area contributed by atoms with E-state index in [1.165, 1.54) is 51.4 Å². The number of aliphatic hydroxyl groups is 1. The van der Waals surface area contributed by atoms with Gasteiger partial charge in [0.2, 0.25) is 0 Å². The van der Waals surface area contributed by atoms with Crippen molar-refractivity contribution in [1.82, 2.24) is 0 Å². The zero-order valence-corrected chi connectivity index (χ0v) is 14.5. The first kappa shape index (κ1) is 22.0. The van der Waals surface area contributed by atoms with Crippen LogP contribution in [0.25, 0.3) is 0 Å². The molecule has 0 aliphatic rings. The highest BCUT2D eigenvalue weighted by atomic mass is 16.6. The van der Waals surface area contributed by atoms with Gasteiger partial charge in [-0.15, -0.1) is 0 Å². The van der Waals surface area contributed by atoms with Crippen LogP contribution in [0.1, 0.15) is 90.4 Å². The van der Waals surface area contributed by atoms with E-state index in [-0.39, 0.29) is 6.42 Å². The Balaban J connectivity index is 3.37. The third-order valence-electron chi connectivity index (χ3n) is 3.64. The number of nitrogens with two attached hydrogens (primary N) is 2. The van der Waals surface area contributed by atoms with Crippen molar-refractivity contribution in [3.05, 3.63) is 0 Å². The Morgan fingerprint density at radius 3 is 1.70 bits per heavy atom. The van der Waals surface area contributed by atoms with Gasteiger partial charge in [0.25, 0.3) is 0 Å². The molecule has 136 valence electrons. The molecule has 0 unspecified atom stereocenters. The standard InChI is InChI=1S/C17H34N2O4/c1-2-3-4-5-6-7-8-9-10-11-12-13-15(20)23-16(21)14-17(18,19)22/h22H,2-14,18-19H2,1H3. The molecule has 0 aromatic rings. The average Bonchev–Trinajstić information content (AvgIpc) is 2.42. The SMILES string of the molecule is CCCCCCCCCCCCCC(=O)OC(=O)CC(N)(N)O. The van der Waals surface area contributed by atoms with Crippen LogP contribution in [0.2, 0.25) is 0 Å². The Bertz CT molecular complexity index is 327. The normalized spacial score (nSPS) is 11.5. The molecule has 0 bridgehead atoms. The van der Waals surface area contributed by atoms with Gasteiger partial charge in [-0.25, -0.2) is 0 Å². The van der Waals surface area contributed by atoms with Crippen molar-refractivity contribution in [2.45, 2.75) is 96.2 Å². The third kappa shape index (κ3) is 17.2. The Morgan fingerprint density at radius 2 is 1.26 bits per heavy atom. The minimum atomic E-state index is -2.13. The minimum absolute atomic E-state index is 0.205. The Labute approximate surface area is 139 Å². The summed E-state index contributed by atoms with van der Waals surface area (Å²) in [6.07, 6.45) is 12.7. The number of hydrogen-bond acceptors (Lipinski definition) is 6. The fourth-order valence-corrected chi connectivity index (χ4v) is 2.38. The average molecular weight is 330 g/mol. The molecule has 5 N–H and O–H groups in total. The fourth-order valence-electron chi connectivity index (χ4n) is 2.38. The van der Waals surface area contributed by atoms with Gasteiger partial charge < -0.3 is 9.84 Å². The fraction of sp³-hybridized carbons (Fsp3) is 0.882. The lowest BCUT2D eigenvalue weighted by Crippen LogP contribution is -2.51. The van der Waals surface area contributed by atoms with Gasteiger partial charge in [0.15, 0.2) is 5.85 Å². The summed E-state index contributed by atoms with van der Waals surface area (Å²) in [4.78, 5) is 22.6. The lowest BCUT2D eigenvalue weighted by atomic mass is 10.1. The predicted octanol–water partition coefficient (Wildman–Crippen LogP) is 2.71. The zero-order valence-electron chi connectivity index (χ0n) is 14.5.